The number of benzene rings is 5. The van der Waals surface area contributed by atoms with Crippen molar-refractivity contribution in [3.63, 3.8) is 0 Å². The monoisotopic (exact) mass is 919 g/mol. The van der Waals surface area contributed by atoms with Crippen LogP contribution >= 0.6 is 11.3 Å². The summed E-state index contributed by atoms with van der Waals surface area (Å²) in [5, 5.41) is 26.2. The van der Waals surface area contributed by atoms with Crippen molar-refractivity contribution in [3.8, 4) is 16.9 Å². The van der Waals surface area contributed by atoms with E-state index in [1.807, 2.05) is 109 Å². The Labute approximate surface area is 393 Å². The van der Waals surface area contributed by atoms with Gasteiger partial charge in [0.2, 0.25) is 23.6 Å². The van der Waals surface area contributed by atoms with Gasteiger partial charge in [-0.1, -0.05) is 140 Å². The van der Waals surface area contributed by atoms with Gasteiger partial charge in [0.25, 0.3) is 5.91 Å². The lowest BCUT2D eigenvalue weighted by Gasteiger charge is -2.28. The largest absolute Gasteiger partial charge is 0.484 e. The highest BCUT2D eigenvalue weighted by Crippen LogP contribution is 2.25. The number of thiophene rings is 1. The number of ether oxygens (including phenoxy) is 1. The van der Waals surface area contributed by atoms with Crippen LogP contribution in [0.5, 0.6) is 5.75 Å². The van der Waals surface area contributed by atoms with E-state index in [2.05, 4.69) is 26.6 Å². The van der Waals surface area contributed by atoms with Crippen LogP contribution in [0.15, 0.2) is 157 Å². The zero-order valence-electron chi connectivity index (χ0n) is 36.9. The van der Waals surface area contributed by atoms with E-state index in [1.54, 1.807) is 54.6 Å². The molecular formula is C53H53N5O8S. The van der Waals surface area contributed by atoms with Crippen molar-refractivity contribution in [3.05, 3.63) is 184 Å². The lowest BCUT2D eigenvalue weighted by molar-refractivity contribution is -0.142. The molecule has 2 aliphatic heterocycles. The summed E-state index contributed by atoms with van der Waals surface area (Å²) >= 11 is 1.43. The molecule has 0 aliphatic carbocycles. The molecule has 6 N–H and O–H groups in total. The zero-order chi connectivity index (χ0) is 47.1. The third kappa shape index (κ3) is 13.5. The summed E-state index contributed by atoms with van der Waals surface area (Å²) in [7, 11) is 0. The van der Waals surface area contributed by atoms with Gasteiger partial charge in [-0.3, -0.25) is 24.0 Å². The Morgan fingerprint density at radius 3 is 1.93 bits per heavy atom. The Bertz CT molecular complexity index is 2600. The highest BCUT2D eigenvalue weighted by molar-refractivity contribution is 7.10. The number of carbonyl (C=O) groups is 6. The highest BCUT2D eigenvalue weighted by atomic mass is 32.1. The number of carbonyl (C=O) groups excluding carboxylic acids is 5. The molecule has 5 amide bonds. The van der Waals surface area contributed by atoms with Crippen LogP contribution in [0.1, 0.15) is 46.4 Å². The predicted molar refractivity (Wildman–Crippen MR) is 256 cm³/mol. The van der Waals surface area contributed by atoms with Gasteiger partial charge in [0.15, 0.2) is 6.61 Å². The Morgan fingerprint density at radius 1 is 0.672 bits per heavy atom. The van der Waals surface area contributed by atoms with Crippen molar-refractivity contribution < 1.29 is 38.6 Å². The molecule has 8 rings (SSSR count). The van der Waals surface area contributed by atoms with Gasteiger partial charge in [0, 0.05) is 30.1 Å². The van der Waals surface area contributed by atoms with Crippen LogP contribution < -0.4 is 31.3 Å². The van der Waals surface area contributed by atoms with E-state index in [0.717, 1.165) is 21.6 Å². The van der Waals surface area contributed by atoms with Crippen molar-refractivity contribution in [2.24, 2.45) is 0 Å². The van der Waals surface area contributed by atoms with E-state index in [0.29, 0.717) is 28.9 Å². The number of nitrogens with one attached hydrogen (secondary N) is 5. The highest BCUT2D eigenvalue weighted by Gasteiger charge is 2.35. The van der Waals surface area contributed by atoms with Gasteiger partial charge in [0.1, 0.15) is 36.0 Å². The smallest absolute Gasteiger partial charge is 0.326 e. The predicted octanol–water partition coefficient (Wildman–Crippen LogP) is 5.78. The SMILES string of the molecule is CC(c1cccs1)C1NC(=O)COc2ccc(cc2)CC(C(=O)NC(Cc2ccccc2)C(=O)O)NC(=O)C(CCc2ccccc2)NC(=O)C(Cc2ccc(-c3ccccc3)cc2)NC1=O. The van der Waals surface area contributed by atoms with Gasteiger partial charge in [-0.2, -0.15) is 0 Å². The lowest BCUT2D eigenvalue weighted by atomic mass is 9.97. The van der Waals surface area contributed by atoms with Crippen molar-refractivity contribution in [1.29, 1.82) is 0 Å². The molecule has 0 saturated heterocycles. The molecule has 6 atom stereocenters. The van der Waals surface area contributed by atoms with Crippen LogP contribution in [0, 0.1) is 0 Å². The minimum absolute atomic E-state index is 0.00694. The summed E-state index contributed by atoms with van der Waals surface area (Å²) < 4.78 is 5.83. The average Bonchev–Trinajstić information content (AvgIpc) is 3.90. The summed E-state index contributed by atoms with van der Waals surface area (Å²) in [6.07, 6.45) is 0.421. The molecular weight excluding hydrogens is 867 g/mol. The molecule has 3 heterocycles. The van der Waals surface area contributed by atoms with Gasteiger partial charge in [-0.15, -0.1) is 11.3 Å². The van der Waals surface area contributed by atoms with Gasteiger partial charge < -0.3 is 36.4 Å². The molecule has 5 aromatic carbocycles. The van der Waals surface area contributed by atoms with E-state index in [9.17, 15) is 33.9 Å². The third-order valence-corrected chi connectivity index (χ3v) is 12.8. The van der Waals surface area contributed by atoms with E-state index in [1.165, 1.54) is 11.3 Å². The second-order valence-electron chi connectivity index (χ2n) is 16.6. The summed E-state index contributed by atoms with van der Waals surface area (Å²) in [6, 6.07) is 39.8. The number of carboxylic acids is 1. The number of rotatable bonds is 13. The normalized spacial score (nSPS) is 19.1. The summed E-state index contributed by atoms with van der Waals surface area (Å²) in [6.45, 7) is 1.39. The Hall–Kier alpha value is -7.58. The molecule has 14 heteroatoms. The molecule has 0 spiro atoms. The number of carboxylic acid groups (broad SMARTS) is 1. The Kier molecular flexibility index (Phi) is 16.3. The van der Waals surface area contributed by atoms with Crippen LogP contribution in [-0.4, -0.2) is 77.4 Å². The first-order valence-corrected chi connectivity index (χ1v) is 23.1. The van der Waals surface area contributed by atoms with Gasteiger partial charge in [-0.05, 0) is 69.8 Å². The van der Waals surface area contributed by atoms with Gasteiger partial charge in [-0.25, -0.2) is 4.79 Å². The Morgan fingerprint density at radius 2 is 1.28 bits per heavy atom. The number of amides is 5. The topological polar surface area (TPSA) is 192 Å². The van der Waals surface area contributed by atoms with Crippen molar-refractivity contribution in [2.45, 2.75) is 75.2 Å². The summed E-state index contributed by atoms with van der Waals surface area (Å²) in [4.78, 5) is 85.0. The van der Waals surface area contributed by atoms with Gasteiger partial charge in [0.05, 0.1) is 0 Å². The molecule has 1 aromatic heterocycles. The van der Waals surface area contributed by atoms with E-state index < -0.39 is 78.2 Å². The number of hydrogen-bond donors (Lipinski definition) is 6. The zero-order valence-corrected chi connectivity index (χ0v) is 37.7. The van der Waals surface area contributed by atoms with Crippen LogP contribution in [-0.2, 0) is 54.5 Å². The number of aliphatic carboxylic acids is 1. The maximum atomic E-state index is 14.8. The summed E-state index contributed by atoms with van der Waals surface area (Å²) in [5.74, 6) is -4.73. The summed E-state index contributed by atoms with van der Waals surface area (Å²) in [5.41, 5.74) is 4.85. The molecule has 0 saturated carbocycles. The molecule has 13 nitrogen and oxygen atoms in total. The molecule has 6 unspecified atom stereocenters. The van der Waals surface area contributed by atoms with E-state index >= 15 is 0 Å². The van der Waals surface area contributed by atoms with Gasteiger partial charge >= 0.3 is 5.97 Å². The van der Waals surface area contributed by atoms with Crippen LogP contribution in [0.25, 0.3) is 11.1 Å². The average molecular weight is 920 g/mol. The molecule has 6 aromatic rings. The first-order chi connectivity index (χ1) is 32.5. The fraction of sp³-hybridized carbons (Fsp3) is 0.245. The first-order valence-electron chi connectivity index (χ1n) is 22.2. The minimum atomic E-state index is -1.32. The van der Waals surface area contributed by atoms with Crippen molar-refractivity contribution in [2.75, 3.05) is 6.61 Å². The number of fused-ring (bicyclic) bond motifs is 16. The molecule has 0 fully saturated rings. The molecule has 67 heavy (non-hydrogen) atoms. The van der Waals surface area contributed by atoms with E-state index in [-0.39, 0.29) is 25.7 Å². The van der Waals surface area contributed by atoms with Crippen LogP contribution in [0.2, 0.25) is 0 Å². The first kappa shape index (κ1) is 47.4. The van der Waals surface area contributed by atoms with Crippen LogP contribution in [0.4, 0.5) is 0 Å². The maximum absolute atomic E-state index is 14.8. The number of aryl methyl sites for hydroxylation is 1. The van der Waals surface area contributed by atoms with Crippen molar-refractivity contribution >= 4 is 46.8 Å². The van der Waals surface area contributed by atoms with Crippen molar-refractivity contribution in [1.82, 2.24) is 26.6 Å². The fourth-order valence-electron chi connectivity index (χ4n) is 7.92. The molecule has 2 aliphatic rings. The van der Waals surface area contributed by atoms with E-state index in [4.69, 9.17) is 4.74 Å². The van der Waals surface area contributed by atoms with Crippen LogP contribution in [0.3, 0.4) is 0 Å². The Balaban J connectivity index is 1.23. The lowest BCUT2D eigenvalue weighted by Crippen LogP contribution is -2.60. The quantitative estimate of drug-likeness (QED) is 0.0786. The molecule has 0 radical (unpaired) electrons. The number of hydrogen-bond acceptors (Lipinski definition) is 8. The minimum Gasteiger partial charge on any atom is -0.484 e. The second-order valence-corrected chi connectivity index (χ2v) is 17.5. The molecule has 344 valence electrons. The third-order valence-electron chi connectivity index (χ3n) is 11.7. The maximum Gasteiger partial charge on any atom is 0.326 e. The molecule has 2 bridgehead atoms. The standard InChI is InChI=1S/C53H53N5O8S/c1-34(46-18-11-29-67-46)48-52(63)56-44(30-37-19-24-40(25-20-37)39-16-9-4-10-17-39)50(61)54-42(28-23-35-12-5-2-6-13-35)49(60)55-43(31-38-21-26-41(27-22-38)66-33-47(59)58-48)51(62)57-45(53(64)65)32-36-14-7-3-8-15-36/h2-22,24-27,29,34,42-45,48H,23,28,30-33H2,1H3,(H,54,61)(H,55,60)(H,56,63)(H,57,62)(H,58,59)(H,64,65). The fourth-order valence-corrected chi connectivity index (χ4v) is 8.75. The second kappa shape index (κ2) is 23.0.